The molecular formula is C26H23ClF2N2O4. The molecule has 0 spiro atoms. The van der Waals surface area contributed by atoms with Crippen LogP contribution < -0.4 is 15.4 Å². The van der Waals surface area contributed by atoms with Crippen molar-refractivity contribution in [3.8, 4) is 16.9 Å². The van der Waals surface area contributed by atoms with Crippen LogP contribution in [0, 0.1) is 11.6 Å². The Labute approximate surface area is 205 Å². The topological polar surface area (TPSA) is 87.7 Å². The maximum atomic E-state index is 15.4. The number of ether oxygens (including phenoxy) is 1. The molecule has 1 aliphatic heterocycles. The molecule has 182 valence electrons. The number of rotatable bonds is 7. The van der Waals surface area contributed by atoms with Gasteiger partial charge in [-0.15, -0.1) is 0 Å². The van der Waals surface area contributed by atoms with Gasteiger partial charge in [0, 0.05) is 23.4 Å². The van der Waals surface area contributed by atoms with Gasteiger partial charge in [0.25, 0.3) is 5.91 Å². The summed E-state index contributed by atoms with van der Waals surface area (Å²) in [5, 5.41) is 15.1. The predicted octanol–water partition coefficient (Wildman–Crippen LogP) is 5.30. The van der Waals surface area contributed by atoms with Crippen LogP contribution in [0.2, 0.25) is 5.02 Å². The first-order valence-corrected chi connectivity index (χ1v) is 11.5. The lowest BCUT2D eigenvalue weighted by Crippen LogP contribution is -2.37. The lowest BCUT2D eigenvalue weighted by atomic mass is 10.0. The monoisotopic (exact) mass is 500 g/mol. The van der Waals surface area contributed by atoms with Gasteiger partial charge in [-0.2, -0.15) is 0 Å². The molecule has 4 rings (SSSR count). The summed E-state index contributed by atoms with van der Waals surface area (Å²) in [5.74, 6) is -2.97. The Morgan fingerprint density at radius 3 is 2.71 bits per heavy atom. The fourth-order valence-corrected chi connectivity index (χ4v) is 4.16. The van der Waals surface area contributed by atoms with E-state index in [2.05, 4.69) is 10.6 Å². The zero-order valence-corrected chi connectivity index (χ0v) is 19.4. The third-order valence-electron chi connectivity index (χ3n) is 5.68. The fourth-order valence-electron chi connectivity index (χ4n) is 3.97. The Hall–Kier alpha value is -3.49. The highest BCUT2D eigenvalue weighted by Crippen LogP contribution is 2.36. The Morgan fingerprint density at radius 2 is 1.97 bits per heavy atom. The van der Waals surface area contributed by atoms with E-state index >= 15 is 4.39 Å². The molecule has 1 heterocycles. The van der Waals surface area contributed by atoms with Gasteiger partial charge in [0.2, 0.25) is 0 Å². The van der Waals surface area contributed by atoms with Crippen molar-refractivity contribution in [3.05, 3.63) is 82.4 Å². The summed E-state index contributed by atoms with van der Waals surface area (Å²) in [6, 6.07) is 12.9. The zero-order valence-electron chi connectivity index (χ0n) is 18.6. The van der Waals surface area contributed by atoms with Crippen LogP contribution in [0.1, 0.15) is 28.8 Å². The van der Waals surface area contributed by atoms with E-state index in [-0.39, 0.29) is 39.3 Å². The van der Waals surface area contributed by atoms with Crippen molar-refractivity contribution in [2.45, 2.75) is 25.4 Å². The van der Waals surface area contributed by atoms with Crippen LogP contribution in [0.5, 0.6) is 5.75 Å². The lowest BCUT2D eigenvalue weighted by molar-refractivity contribution is -0.136. The van der Waals surface area contributed by atoms with Crippen LogP contribution in [0.3, 0.4) is 0 Å². The van der Waals surface area contributed by atoms with Gasteiger partial charge in [0.05, 0.1) is 11.4 Å². The Balaban J connectivity index is 1.59. The number of anilines is 1. The minimum absolute atomic E-state index is 0.0302. The fraction of sp³-hybridized carbons (Fsp3) is 0.231. The van der Waals surface area contributed by atoms with E-state index < -0.39 is 29.9 Å². The number of aliphatic carboxylic acids is 1. The van der Waals surface area contributed by atoms with E-state index in [9.17, 15) is 14.0 Å². The molecule has 3 aromatic rings. The molecule has 1 fully saturated rings. The van der Waals surface area contributed by atoms with Crippen molar-refractivity contribution in [2.75, 3.05) is 18.4 Å². The van der Waals surface area contributed by atoms with E-state index in [4.69, 9.17) is 21.4 Å². The molecule has 6 nitrogen and oxygen atoms in total. The standard InChI is InChI=1S/C26H23ClF2N2O4/c27-21-8-7-20(24(29)25(21)35-19-5-2-10-30-14-19)15-3-1-4-16(11-15)26(34)31-22-9-6-18(28)12-17(22)13-23(32)33/h1,3-4,6-9,11-12,19,30H,2,5,10,13-14H2,(H,31,34)(H,32,33)/t19-/m1/s1. The first-order valence-electron chi connectivity index (χ1n) is 11.1. The van der Waals surface area contributed by atoms with Gasteiger partial charge < -0.3 is 20.5 Å². The normalized spacial score (nSPS) is 15.5. The molecule has 1 saturated heterocycles. The van der Waals surface area contributed by atoms with Crippen LogP contribution in [0.15, 0.2) is 54.6 Å². The molecule has 9 heteroatoms. The number of carboxylic acid groups (broad SMARTS) is 1. The number of benzene rings is 3. The van der Waals surface area contributed by atoms with E-state index in [1.54, 1.807) is 18.2 Å². The number of hydrogen-bond donors (Lipinski definition) is 3. The molecule has 0 aliphatic carbocycles. The largest absolute Gasteiger partial charge is 0.484 e. The van der Waals surface area contributed by atoms with Crippen molar-refractivity contribution in [2.24, 2.45) is 0 Å². The van der Waals surface area contributed by atoms with Gasteiger partial charge in [0.15, 0.2) is 11.6 Å². The van der Waals surface area contributed by atoms with Gasteiger partial charge >= 0.3 is 5.97 Å². The minimum Gasteiger partial charge on any atom is -0.484 e. The maximum absolute atomic E-state index is 15.4. The number of carbonyl (C=O) groups is 2. The first kappa shape index (κ1) is 24.6. The zero-order chi connectivity index (χ0) is 24.9. The van der Waals surface area contributed by atoms with Crippen molar-refractivity contribution >= 4 is 29.2 Å². The molecule has 0 radical (unpaired) electrons. The van der Waals surface area contributed by atoms with Crippen LogP contribution in [0.4, 0.5) is 14.5 Å². The van der Waals surface area contributed by atoms with E-state index in [0.29, 0.717) is 12.1 Å². The molecule has 1 atom stereocenters. The Morgan fingerprint density at radius 1 is 1.14 bits per heavy atom. The average molecular weight is 501 g/mol. The van der Waals surface area contributed by atoms with Crippen molar-refractivity contribution < 1.29 is 28.2 Å². The second-order valence-corrected chi connectivity index (χ2v) is 8.64. The number of piperidine rings is 1. The van der Waals surface area contributed by atoms with Gasteiger partial charge in [-0.25, -0.2) is 8.78 Å². The highest BCUT2D eigenvalue weighted by molar-refractivity contribution is 6.32. The third kappa shape index (κ3) is 5.96. The van der Waals surface area contributed by atoms with Crippen LogP contribution in [0.25, 0.3) is 11.1 Å². The van der Waals surface area contributed by atoms with Crippen LogP contribution >= 0.6 is 11.6 Å². The number of nitrogens with one attached hydrogen (secondary N) is 2. The summed E-state index contributed by atoms with van der Waals surface area (Å²) in [5.41, 5.74) is 1.17. The molecule has 0 bridgehead atoms. The van der Waals surface area contributed by atoms with Crippen LogP contribution in [-0.4, -0.2) is 36.2 Å². The molecule has 0 aromatic heterocycles. The average Bonchev–Trinajstić information content (AvgIpc) is 2.84. The van der Waals surface area contributed by atoms with E-state index in [1.165, 1.54) is 24.3 Å². The second kappa shape index (κ2) is 10.8. The van der Waals surface area contributed by atoms with Crippen molar-refractivity contribution in [3.63, 3.8) is 0 Å². The molecular weight excluding hydrogens is 478 g/mol. The predicted molar refractivity (Wildman–Crippen MR) is 129 cm³/mol. The minimum atomic E-state index is -1.16. The van der Waals surface area contributed by atoms with Gasteiger partial charge in [-0.05, 0) is 73.0 Å². The second-order valence-electron chi connectivity index (χ2n) is 8.23. The molecule has 1 aliphatic rings. The Kier molecular flexibility index (Phi) is 7.63. The van der Waals surface area contributed by atoms with Crippen LogP contribution in [-0.2, 0) is 11.2 Å². The van der Waals surface area contributed by atoms with Crippen molar-refractivity contribution in [1.82, 2.24) is 5.32 Å². The summed E-state index contributed by atoms with van der Waals surface area (Å²) in [6.07, 6.45) is 1.06. The first-order chi connectivity index (χ1) is 16.8. The number of hydrogen-bond acceptors (Lipinski definition) is 4. The SMILES string of the molecule is O=C(O)Cc1cc(F)ccc1NC(=O)c1cccc(-c2ccc(Cl)c(O[C@@H]3CCCNC3)c2F)c1. The molecule has 0 saturated carbocycles. The van der Waals surface area contributed by atoms with Gasteiger partial charge in [-0.3, -0.25) is 9.59 Å². The highest BCUT2D eigenvalue weighted by atomic mass is 35.5. The summed E-state index contributed by atoms with van der Waals surface area (Å²) in [4.78, 5) is 24.0. The smallest absolute Gasteiger partial charge is 0.307 e. The van der Waals surface area contributed by atoms with Crippen molar-refractivity contribution in [1.29, 1.82) is 0 Å². The number of carbonyl (C=O) groups excluding carboxylic acids is 1. The van der Waals surface area contributed by atoms with E-state index in [1.807, 2.05) is 0 Å². The highest BCUT2D eigenvalue weighted by Gasteiger charge is 2.22. The molecule has 0 unspecified atom stereocenters. The quantitative estimate of drug-likeness (QED) is 0.410. The lowest BCUT2D eigenvalue weighted by Gasteiger charge is -2.25. The summed E-state index contributed by atoms with van der Waals surface area (Å²) in [7, 11) is 0. The maximum Gasteiger partial charge on any atom is 0.307 e. The number of amides is 1. The summed E-state index contributed by atoms with van der Waals surface area (Å²) >= 11 is 6.22. The molecule has 35 heavy (non-hydrogen) atoms. The Bertz CT molecular complexity index is 1260. The van der Waals surface area contributed by atoms with E-state index in [0.717, 1.165) is 31.5 Å². The third-order valence-corrected chi connectivity index (χ3v) is 5.98. The number of carboxylic acids is 1. The molecule has 1 amide bonds. The molecule has 3 N–H and O–H groups in total. The number of halogens is 3. The van der Waals surface area contributed by atoms with Gasteiger partial charge in [-0.1, -0.05) is 23.7 Å². The summed E-state index contributed by atoms with van der Waals surface area (Å²) < 4.78 is 34.9. The van der Waals surface area contributed by atoms with Gasteiger partial charge in [0.1, 0.15) is 11.9 Å². The summed E-state index contributed by atoms with van der Waals surface area (Å²) in [6.45, 7) is 1.49. The molecule has 3 aromatic carbocycles.